The minimum absolute atomic E-state index is 0.254. The molecule has 0 amide bonds. The van der Waals surface area contributed by atoms with Crippen LogP contribution in [0.3, 0.4) is 0 Å². The number of hydrogen-bond donors (Lipinski definition) is 4. The fraction of sp³-hybridized carbons (Fsp3) is 0.0909. The summed E-state index contributed by atoms with van der Waals surface area (Å²) in [5.41, 5.74) is -2.16. The van der Waals surface area contributed by atoms with Crippen LogP contribution in [-0.2, 0) is 15.0 Å². The van der Waals surface area contributed by atoms with Crippen LogP contribution in [-0.4, -0.2) is 44.3 Å². The maximum absolute atomic E-state index is 12.4. The van der Waals surface area contributed by atoms with Gasteiger partial charge in [-0.05, 0) is 41.3 Å². The lowest BCUT2D eigenvalue weighted by molar-refractivity contribution is -0.145. The Morgan fingerprint density at radius 3 is 1.90 bits per heavy atom. The normalized spacial score (nSPS) is 18.1. The predicted octanol–water partition coefficient (Wildman–Crippen LogP) is 2.90. The third-order valence-electron chi connectivity index (χ3n) is 5.08. The minimum atomic E-state index is -1.90. The number of hydrogen-bond acceptors (Lipinski definition) is 4. The van der Waals surface area contributed by atoms with E-state index in [4.69, 9.17) is 0 Å². The molecular weight excluding hydrogens is 392 g/mol. The van der Waals surface area contributed by atoms with Crippen LogP contribution in [0, 0.1) is 0 Å². The standard InChI is InChI=1S/C22H16O8/c23-18(24)15-8-6-12(10-16(15)19(25)26)13-7-9-17(20(27)28)22(11-13,21(29)30)14-4-2-1-3-5-14/h1-10H,11H2,(H,23,24)(H,25,26)(H,27,28)(H,29,30). The Balaban J connectivity index is 2.21. The molecular formula is C22H16O8. The van der Waals surface area contributed by atoms with Gasteiger partial charge in [0.15, 0.2) is 0 Å². The van der Waals surface area contributed by atoms with Gasteiger partial charge in [0.25, 0.3) is 0 Å². The van der Waals surface area contributed by atoms with Crippen LogP contribution in [0.15, 0.2) is 66.3 Å². The number of carboxylic acids is 4. The number of aromatic carboxylic acids is 2. The summed E-state index contributed by atoms with van der Waals surface area (Å²) in [6.45, 7) is 0. The first-order valence-electron chi connectivity index (χ1n) is 8.73. The molecule has 0 fully saturated rings. The van der Waals surface area contributed by atoms with Crippen molar-refractivity contribution in [2.24, 2.45) is 0 Å². The van der Waals surface area contributed by atoms with Crippen molar-refractivity contribution in [3.05, 3.63) is 88.5 Å². The number of rotatable bonds is 6. The number of carbonyl (C=O) groups is 4. The summed E-state index contributed by atoms with van der Waals surface area (Å²) in [5, 5.41) is 38.3. The van der Waals surface area contributed by atoms with Crippen LogP contribution in [0.4, 0.5) is 0 Å². The molecule has 0 heterocycles. The molecule has 0 aromatic heterocycles. The molecule has 2 aromatic rings. The number of benzene rings is 2. The first-order valence-corrected chi connectivity index (χ1v) is 8.73. The Kier molecular flexibility index (Phi) is 5.25. The van der Waals surface area contributed by atoms with Crippen molar-refractivity contribution in [1.82, 2.24) is 0 Å². The zero-order chi connectivity index (χ0) is 22.1. The molecule has 0 bridgehead atoms. The second-order valence-corrected chi connectivity index (χ2v) is 6.70. The molecule has 1 aliphatic carbocycles. The highest BCUT2D eigenvalue weighted by atomic mass is 16.4. The predicted molar refractivity (Wildman–Crippen MR) is 104 cm³/mol. The quantitative estimate of drug-likeness (QED) is 0.570. The zero-order valence-corrected chi connectivity index (χ0v) is 15.4. The molecule has 1 atom stereocenters. The highest BCUT2D eigenvalue weighted by Gasteiger charge is 2.48. The van der Waals surface area contributed by atoms with Gasteiger partial charge < -0.3 is 20.4 Å². The lowest BCUT2D eigenvalue weighted by Gasteiger charge is -2.34. The van der Waals surface area contributed by atoms with Gasteiger partial charge in [-0.1, -0.05) is 42.5 Å². The summed E-state index contributed by atoms with van der Waals surface area (Å²) in [4.78, 5) is 47.0. The summed E-state index contributed by atoms with van der Waals surface area (Å²) in [5.74, 6) is -5.61. The van der Waals surface area contributed by atoms with Crippen LogP contribution < -0.4 is 0 Å². The van der Waals surface area contributed by atoms with Gasteiger partial charge in [0.1, 0.15) is 5.41 Å². The lowest BCUT2D eigenvalue weighted by atomic mass is 9.66. The van der Waals surface area contributed by atoms with E-state index in [2.05, 4.69) is 0 Å². The van der Waals surface area contributed by atoms with Crippen LogP contribution in [0.5, 0.6) is 0 Å². The first-order chi connectivity index (χ1) is 14.2. The van der Waals surface area contributed by atoms with Crippen LogP contribution in [0.2, 0.25) is 0 Å². The Bertz CT molecular complexity index is 1130. The van der Waals surface area contributed by atoms with Crippen LogP contribution in [0.1, 0.15) is 38.3 Å². The van der Waals surface area contributed by atoms with E-state index in [1.54, 1.807) is 18.2 Å². The summed E-state index contributed by atoms with van der Waals surface area (Å²) < 4.78 is 0. The zero-order valence-electron chi connectivity index (χ0n) is 15.4. The molecule has 2 aromatic carbocycles. The van der Waals surface area contributed by atoms with E-state index >= 15 is 0 Å². The van der Waals surface area contributed by atoms with Crippen molar-refractivity contribution >= 4 is 29.5 Å². The second-order valence-electron chi connectivity index (χ2n) is 6.70. The molecule has 152 valence electrons. The minimum Gasteiger partial charge on any atom is -0.480 e. The molecule has 0 saturated heterocycles. The van der Waals surface area contributed by atoms with Gasteiger partial charge in [-0.25, -0.2) is 14.4 Å². The van der Waals surface area contributed by atoms with Gasteiger partial charge in [-0.2, -0.15) is 0 Å². The fourth-order valence-electron chi connectivity index (χ4n) is 3.62. The molecule has 0 saturated carbocycles. The van der Waals surface area contributed by atoms with E-state index in [-0.39, 0.29) is 17.6 Å². The SMILES string of the molecule is O=C(O)C1=CC=C(c2ccc(C(=O)O)c(C(=O)O)c2)CC1(C(=O)O)c1ccccc1. The number of carboxylic acid groups (broad SMARTS) is 4. The number of aliphatic carboxylic acids is 2. The molecule has 1 aliphatic rings. The van der Waals surface area contributed by atoms with Gasteiger partial charge in [-0.15, -0.1) is 0 Å². The van der Waals surface area contributed by atoms with Crippen molar-refractivity contribution in [2.45, 2.75) is 11.8 Å². The first kappa shape index (κ1) is 20.5. The van der Waals surface area contributed by atoms with Crippen molar-refractivity contribution in [3.63, 3.8) is 0 Å². The maximum atomic E-state index is 12.4. The van der Waals surface area contributed by atoms with Gasteiger partial charge in [-0.3, -0.25) is 4.79 Å². The summed E-state index contributed by atoms with van der Waals surface area (Å²) in [6.07, 6.45) is 2.35. The van der Waals surface area contributed by atoms with E-state index in [9.17, 15) is 39.6 Å². The van der Waals surface area contributed by atoms with E-state index < -0.39 is 40.4 Å². The van der Waals surface area contributed by atoms with Crippen molar-refractivity contribution in [2.75, 3.05) is 0 Å². The monoisotopic (exact) mass is 408 g/mol. The molecule has 30 heavy (non-hydrogen) atoms. The Morgan fingerprint density at radius 2 is 1.37 bits per heavy atom. The highest BCUT2D eigenvalue weighted by molar-refractivity contribution is 6.05. The van der Waals surface area contributed by atoms with Crippen molar-refractivity contribution in [1.29, 1.82) is 0 Å². The Hall–Kier alpha value is -4.20. The molecule has 3 rings (SSSR count). The van der Waals surface area contributed by atoms with Crippen LogP contribution in [0.25, 0.3) is 5.57 Å². The summed E-state index contributed by atoms with van der Waals surface area (Å²) in [6, 6.07) is 11.6. The average Bonchev–Trinajstić information content (AvgIpc) is 2.73. The third-order valence-corrected chi connectivity index (χ3v) is 5.08. The molecule has 8 nitrogen and oxygen atoms in total. The van der Waals surface area contributed by atoms with Crippen LogP contribution >= 0.6 is 0 Å². The Labute approximate surface area is 170 Å². The third kappa shape index (κ3) is 3.35. The summed E-state index contributed by atoms with van der Waals surface area (Å²) >= 11 is 0. The average molecular weight is 408 g/mol. The smallest absolute Gasteiger partial charge is 0.336 e. The van der Waals surface area contributed by atoms with Crippen molar-refractivity contribution in [3.8, 4) is 0 Å². The summed E-state index contributed by atoms with van der Waals surface area (Å²) in [7, 11) is 0. The maximum Gasteiger partial charge on any atom is 0.336 e. The van der Waals surface area contributed by atoms with E-state index in [1.165, 1.54) is 30.4 Å². The molecule has 0 aliphatic heterocycles. The molecule has 8 heteroatoms. The Morgan fingerprint density at radius 1 is 0.733 bits per heavy atom. The second kappa shape index (κ2) is 7.67. The topological polar surface area (TPSA) is 149 Å². The lowest BCUT2D eigenvalue weighted by Crippen LogP contribution is -2.42. The molecule has 0 radical (unpaired) electrons. The van der Waals surface area contributed by atoms with Gasteiger partial charge in [0, 0.05) is 0 Å². The van der Waals surface area contributed by atoms with Gasteiger partial charge in [0.05, 0.1) is 16.7 Å². The van der Waals surface area contributed by atoms with E-state index in [0.29, 0.717) is 11.1 Å². The number of allylic oxidation sites excluding steroid dienone is 3. The van der Waals surface area contributed by atoms with Crippen molar-refractivity contribution < 1.29 is 39.6 Å². The highest BCUT2D eigenvalue weighted by Crippen LogP contribution is 2.44. The largest absolute Gasteiger partial charge is 0.480 e. The van der Waals surface area contributed by atoms with E-state index in [1.807, 2.05) is 0 Å². The van der Waals surface area contributed by atoms with Gasteiger partial charge >= 0.3 is 23.9 Å². The van der Waals surface area contributed by atoms with Gasteiger partial charge in [0.2, 0.25) is 0 Å². The molecule has 0 spiro atoms. The molecule has 4 N–H and O–H groups in total. The molecule has 1 unspecified atom stereocenters. The fourth-order valence-corrected chi connectivity index (χ4v) is 3.62. The van der Waals surface area contributed by atoms with E-state index in [0.717, 1.165) is 12.1 Å².